The minimum Gasteiger partial charge on any atom is -0.481 e. The van der Waals surface area contributed by atoms with E-state index in [1.807, 2.05) is 0 Å². The van der Waals surface area contributed by atoms with Gasteiger partial charge >= 0.3 is 0 Å². The van der Waals surface area contributed by atoms with Gasteiger partial charge < -0.3 is 30.5 Å². The summed E-state index contributed by atoms with van der Waals surface area (Å²) in [6, 6.07) is 4.88. The van der Waals surface area contributed by atoms with Gasteiger partial charge in [0.25, 0.3) is 0 Å². The summed E-state index contributed by atoms with van der Waals surface area (Å²) in [4.78, 5) is 8.58. The van der Waals surface area contributed by atoms with Crippen molar-refractivity contribution in [1.29, 1.82) is 0 Å². The van der Waals surface area contributed by atoms with Crippen LogP contribution in [0.15, 0.2) is 24.4 Å². The number of nitrogens with zero attached hydrogens (tertiary/aromatic N) is 2. The van der Waals surface area contributed by atoms with Crippen LogP contribution < -0.4 is 10.5 Å². The lowest BCUT2D eigenvalue weighted by Gasteiger charge is -2.38. The molecule has 1 aliphatic rings. The smallest absolute Gasteiger partial charge is 0.213 e. The van der Waals surface area contributed by atoms with E-state index in [2.05, 4.69) is 9.97 Å². The number of nitrogens with two attached hydrogens (primary N) is 1. The van der Waals surface area contributed by atoms with Crippen LogP contribution in [0, 0.1) is 0 Å². The number of methoxy groups -OCH3 is 1. The van der Waals surface area contributed by atoms with Crippen LogP contribution in [0.2, 0.25) is 0 Å². The van der Waals surface area contributed by atoms with E-state index in [1.165, 1.54) is 7.11 Å². The second-order valence-corrected chi connectivity index (χ2v) is 6.52. The molecular formula is C18H25N3O5. The number of ether oxygens (including phenoxy) is 2. The van der Waals surface area contributed by atoms with Gasteiger partial charge in [-0.3, -0.25) is 4.98 Å². The Morgan fingerprint density at radius 1 is 1.31 bits per heavy atom. The standard InChI is InChI=1S/C18H25N3O5/c1-25-15-5-3-12-16(21-15)10(6-8-20-12)17(23)18(24)14-4-2-11(19)13(26-14)7-9-22/h3,5-6,8,11,13-14,17-18,22-24H,2,4,7,9,19H2,1H3/t11-,13?,14-,17-,18+/m1/s1. The summed E-state index contributed by atoms with van der Waals surface area (Å²) in [7, 11) is 1.51. The van der Waals surface area contributed by atoms with Crippen LogP contribution in [0.3, 0.4) is 0 Å². The molecule has 0 spiro atoms. The van der Waals surface area contributed by atoms with Crippen LogP contribution in [-0.2, 0) is 4.74 Å². The van der Waals surface area contributed by atoms with E-state index in [-0.39, 0.29) is 18.8 Å². The zero-order valence-electron chi connectivity index (χ0n) is 14.7. The van der Waals surface area contributed by atoms with Gasteiger partial charge in [0.1, 0.15) is 12.2 Å². The van der Waals surface area contributed by atoms with Gasteiger partial charge in [-0.1, -0.05) is 0 Å². The first-order chi connectivity index (χ1) is 12.5. The summed E-state index contributed by atoms with van der Waals surface area (Å²) in [6.07, 6.45) is -0.117. The lowest BCUT2D eigenvalue weighted by atomic mass is 9.91. The third-order valence-corrected chi connectivity index (χ3v) is 4.85. The van der Waals surface area contributed by atoms with Crippen LogP contribution >= 0.6 is 0 Å². The Hall–Kier alpha value is -1.84. The molecule has 0 saturated carbocycles. The Labute approximate surface area is 151 Å². The van der Waals surface area contributed by atoms with Gasteiger partial charge in [0.2, 0.25) is 5.88 Å². The van der Waals surface area contributed by atoms with Crippen molar-refractivity contribution in [1.82, 2.24) is 9.97 Å². The van der Waals surface area contributed by atoms with Crippen molar-refractivity contribution in [2.24, 2.45) is 5.73 Å². The number of pyridine rings is 2. The molecule has 5 N–H and O–H groups in total. The van der Waals surface area contributed by atoms with E-state index in [1.54, 1.807) is 24.4 Å². The lowest BCUT2D eigenvalue weighted by molar-refractivity contribution is -0.146. The molecule has 2 aromatic rings. The maximum atomic E-state index is 10.8. The highest BCUT2D eigenvalue weighted by atomic mass is 16.5. The van der Waals surface area contributed by atoms with E-state index < -0.39 is 18.3 Å². The first-order valence-corrected chi connectivity index (χ1v) is 8.72. The van der Waals surface area contributed by atoms with Crippen molar-refractivity contribution in [2.45, 2.75) is 49.7 Å². The molecule has 1 aliphatic heterocycles. The Kier molecular flexibility index (Phi) is 6.00. The van der Waals surface area contributed by atoms with E-state index in [9.17, 15) is 10.2 Å². The number of rotatable bonds is 6. The molecule has 1 saturated heterocycles. The van der Waals surface area contributed by atoms with E-state index in [4.69, 9.17) is 20.3 Å². The van der Waals surface area contributed by atoms with Crippen molar-refractivity contribution in [3.8, 4) is 5.88 Å². The molecule has 8 heteroatoms. The van der Waals surface area contributed by atoms with Crippen molar-refractivity contribution >= 4 is 11.0 Å². The van der Waals surface area contributed by atoms with Gasteiger partial charge in [0.05, 0.1) is 30.4 Å². The van der Waals surface area contributed by atoms with Crippen molar-refractivity contribution in [3.63, 3.8) is 0 Å². The molecule has 0 aliphatic carbocycles. The third kappa shape index (κ3) is 3.79. The average Bonchev–Trinajstić information content (AvgIpc) is 2.67. The largest absolute Gasteiger partial charge is 0.481 e. The number of hydrogen-bond donors (Lipinski definition) is 4. The van der Waals surface area contributed by atoms with Gasteiger partial charge in [-0.15, -0.1) is 0 Å². The zero-order valence-corrected chi connectivity index (χ0v) is 14.7. The van der Waals surface area contributed by atoms with Crippen molar-refractivity contribution in [2.75, 3.05) is 13.7 Å². The van der Waals surface area contributed by atoms with Crippen LogP contribution in [0.4, 0.5) is 0 Å². The number of aliphatic hydroxyl groups excluding tert-OH is 3. The Bertz CT molecular complexity index is 744. The first kappa shape index (κ1) is 18.9. The molecule has 0 radical (unpaired) electrons. The molecular weight excluding hydrogens is 338 g/mol. The maximum Gasteiger partial charge on any atom is 0.213 e. The summed E-state index contributed by atoms with van der Waals surface area (Å²) in [5, 5.41) is 30.6. The minimum absolute atomic E-state index is 0.0392. The van der Waals surface area contributed by atoms with Crippen LogP contribution in [0.5, 0.6) is 5.88 Å². The number of aromatic nitrogens is 2. The second-order valence-electron chi connectivity index (χ2n) is 6.52. The van der Waals surface area contributed by atoms with Gasteiger partial charge in [-0.2, -0.15) is 0 Å². The normalized spacial score (nSPS) is 25.8. The quantitative estimate of drug-likeness (QED) is 0.576. The van der Waals surface area contributed by atoms with Gasteiger partial charge in [0.15, 0.2) is 0 Å². The number of hydrogen-bond acceptors (Lipinski definition) is 8. The second kappa shape index (κ2) is 8.24. The summed E-state index contributed by atoms with van der Waals surface area (Å²) in [5.74, 6) is 0.399. The molecule has 5 atom stereocenters. The van der Waals surface area contributed by atoms with Gasteiger partial charge in [-0.25, -0.2) is 4.98 Å². The van der Waals surface area contributed by atoms with Crippen LogP contribution in [0.1, 0.15) is 30.9 Å². The molecule has 0 aromatic carbocycles. The van der Waals surface area contributed by atoms with Crippen LogP contribution in [-0.4, -0.2) is 63.4 Å². The molecule has 142 valence electrons. The molecule has 0 bridgehead atoms. The fraction of sp³-hybridized carbons (Fsp3) is 0.556. The van der Waals surface area contributed by atoms with Crippen molar-refractivity contribution in [3.05, 3.63) is 30.0 Å². The molecule has 3 rings (SSSR count). The molecule has 26 heavy (non-hydrogen) atoms. The molecule has 1 fully saturated rings. The van der Waals surface area contributed by atoms with Crippen molar-refractivity contribution < 1.29 is 24.8 Å². The average molecular weight is 363 g/mol. The highest BCUT2D eigenvalue weighted by Gasteiger charge is 2.36. The summed E-state index contributed by atoms with van der Waals surface area (Å²) in [6.45, 7) is -0.0392. The SMILES string of the molecule is COc1ccc2nccc([C@@H](O)[C@@H](O)[C@H]3CC[C@@H](N)C(CCO)O3)c2n1. The first-order valence-electron chi connectivity index (χ1n) is 8.72. The Morgan fingerprint density at radius 2 is 2.12 bits per heavy atom. The summed E-state index contributed by atoms with van der Waals surface area (Å²) >= 11 is 0. The maximum absolute atomic E-state index is 10.8. The van der Waals surface area contributed by atoms with E-state index >= 15 is 0 Å². The number of fused-ring (bicyclic) bond motifs is 1. The highest BCUT2D eigenvalue weighted by Crippen LogP contribution is 2.31. The van der Waals surface area contributed by atoms with E-state index in [0.29, 0.717) is 41.7 Å². The monoisotopic (exact) mass is 363 g/mol. The molecule has 2 aromatic heterocycles. The molecule has 3 heterocycles. The predicted molar refractivity (Wildman–Crippen MR) is 94.6 cm³/mol. The predicted octanol–water partition coefficient (Wildman–Crippen LogP) is 0.290. The topological polar surface area (TPSA) is 131 Å². The minimum atomic E-state index is -1.20. The Morgan fingerprint density at radius 3 is 2.85 bits per heavy atom. The molecule has 1 unspecified atom stereocenters. The zero-order chi connectivity index (χ0) is 18.7. The van der Waals surface area contributed by atoms with Gasteiger partial charge in [-0.05, 0) is 31.4 Å². The third-order valence-electron chi connectivity index (χ3n) is 4.85. The molecule has 8 nitrogen and oxygen atoms in total. The fourth-order valence-corrected chi connectivity index (χ4v) is 3.36. The molecule has 0 amide bonds. The summed E-state index contributed by atoms with van der Waals surface area (Å²) < 4.78 is 11.0. The summed E-state index contributed by atoms with van der Waals surface area (Å²) in [5.41, 5.74) is 7.53. The van der Waals surface area contributed by atoms with E-state index in [0.717, 1.165) is 0 Å². The number of aliphatic hydroxyl groups is 3. The van der Waals surface area contributed by atoms with Crippen LogP contribution in [0.25, 0.3) is 11.0 Å². The Balaban J connectivity index is 1.84. The van der Waals surface area contributed by atoms with Gasteiger partial charge in [0, 0.05) is 30.5 Å². The fourth-order valence-electron chi connectivity index (χ4n) is 3.36. The highest BCUT2D eigenvalue weighted by molar-refractivity contribution is 5.78. The lowest BCUT2D eigenvalue weighted by Crippen LogP contribution is -2.49.